The first-order chi connectivity index (χ1) is 20.0. The van der Waals surface area contributed by atoms with Gasteiger partial charge in [-0.15, -0.1) is 25.3 Å². The highest BCUT2D eigenvalue weighted by Crippen LogP contribution is 2.52. The van der Waals surface area contributed by atoms with Gasteiger partial charge >= 0.3 is 15.6 Å². The van der Waals surface area contributed by atoms with E-state index >= 15 is 0 Å². The van der Waals surface area contributed by atoms with Crippen LogP contribution in [0.15, 0.2) is 24.3 Å². The van der Waals surface area contributed by atoms with Crippen molar-refractivity contribution in [3.05, 3.63) is 57.6 Å². The Morgan fingerprint density at radius 3 is 1.34 bits per heavy atom. The van der Waals surface area contributed by atoms with E-state index < -0.39 is 26.5 Å². The molecule has 2 rings (SSSR count). The highest BCUT2D eigenvalue weighted by Gasteiger charge is 2.34. The highest BCUT2D eigenvalue weighted by atomic mass is 32.1. The number of carbonyl (C=O) groups excluding carboxylic acids is 2. The number of carbonyl (C=O) groups is 2. The number of aryl methyl sites for hydroxylation is 4. The summed E-state index contributed by atoms with van der Waals surface area (Å²) in [5.74, 6) is 0.521. The lowest BCUT2D eigenvalue weighted by molar-refractivity contribution is -0.112. The Morgan fingerprint density at radius 2 is 1.05 bits per heavy atom. The van der Waals surface area contributed by atoms with Crippen LogP contribution in [0.25, 0.3) is 0 Å². The first-order valence-electron chi connectivity index (χ1n) is 14.0. The molecule has 0 atom stereocenters. The summed E-state index contributed by atoms with van der Waals surface area (Å²) in [5, 5.41) is -0.513. The van der Waals surface area contributed by atoms with Crippen molar-refractivity contribution >= 4 is 51.1 Å². The van der Waals surface area contributed by atoms with Gasteiger partial charge in [0, 0.05) is 34.8 Å². The lowest BCUT2D eigenvalue weighted by atomic mass is 9.78. The van der Waals surface area contributed by atoms with Crippen molar-refractivity contribution in [2.24, 2.45) is 0 Å². The number of rotatable bonds is 14. The van der Waals surface area contributed by atoms with E-state index in [4.69, 9.17) is 27.9 Å². The summed E-state index contributed by atoms with van der Waals surface area (Å²) in [4.78, 5) is 40.9. The predicted molar refractivity (Wildman–Crippen MR) is 179 cm³/mol. The second kappa shape index (κ2) is 16.3. The van der Waals surface area contributed by atoms with Crippen molar-refractivity contribution in [1.29, 1.82) is 0 Å². The van der Waals surface area contributed by atoms with E-state index in [9.17, 15) is 18.7 Å². The second-order valence-corrected chi connectivity index (χ2v) is 15.5. The summed E-state index contributed by atoms with van der Waals surface area (Å²) >= 11 is 7.68. The minimum atomic E-state index is -4.66. The Bertz CT molecular complexity index is 1420. The Kier molecular flexibility index (Phi) is 14.9. The average Bonchev–Trinajstić information content (AvgIpc) is 2.75. The van der Waals surface area contributed by atoms with E-state index in [0.717, 1.165) is 27.8 Å². The van der Waals surface area contributed by atoms with Gasteiger partial charge in [0.25, 0.3) is 0 Å². The van der Waals surface area contributed by atoms with Gasteiger partial charge in [-0.05, 0) is 75.9 Å². The molecule has 2 N–H and O–H groups in total. The van der Waals surface area contributed by atoms with Crippen LogP contribution < -0.4 is 9.05 Å². The highest BCUT2D eigenvalue weighted by molar-refractivity contribution is 7.96. The average molecular weight is 693 g/mol. The summed E-state index contributed by atoms with van der Waals surface area (Å²) < 4.78 is 44.8. The Morgan fingerprint density at radius 1 is 0.705 bits per heavy atom. The number of benzene rings is 2. The molecule has 10 nitrogen and oxygen atoms in total. The summed E-state index contributed by atoms with van der Waals surface area (Å²) in [5.41, 5.74) is 3.78. The second-order valence-electron chi connectivity index (χ2n) is 11.8. The van der Waals surface area contributed by atoms with Crippen LogP contribution in [0.3, 0.4) is 0 Å². The predicted octanol–water partition coefficient (Wildman–Crippen LogP) is 7.89. The molecule has 0 unspecified atom stereocenters. The van der Waals surface area contributed by atoms with Gasteiger partial charge in [-0.1, -0.05) is 39.8 Å². The van der Waals surface area contributed by atoms with Crippen LogP contribution in [0.4, 0.5) is 0 Å². The van der Waals surface area contributed by atoms with Crippen LogP contribution in [0.1, 0.15) is 87.8 Å². The summed E-state index contributed by atoms with van der Waals surface area (Å²) in [6, 6.07) is 7.23. The number of hydrogen-bond acceptors (Lipinski definition) is 8. The van der Waals surface area contributed by atoms with Gasteiger partial charge in [0.05, 0.1) is 13.2 Å². The molecule has 0 radical (unpaired) electrons. The van der Waals surface area contributed by atoms with Gasteiger partial charge in [-0.3, -0.25) is 28.4 Å². The van der Waals surface area contributed by atoms with Gasteiger partial charge in [0.15, 0.2) is 10.2 Å². The van der Waals surface area contributed by atoms with E-state index in [-0.39, 0.29) is 42.0 Å². The van der Waals surface area contributed by atoms with Crippen molar-refractivity contribution in [3.8, 4) is 11.5 Å². The number of thiol groups is 2. The number of phosphoric acid groups is 2. The van der Waals surface area contributed by atoms with Crippen LogP contribution >= 0.6 is 40.9 Å². The van der Waals surface area contributed by atoms with E-state index in [2.05, 4.69) is 25.3 Å². The van der Waals surface area contributed by atoms with E-state index in [0.29, 0.717) is 11.3 Å². The molecule has 2 aromatic rings. The SMILES string of the molecule is CCOP(=O)(OCC)Oc1cc(C)cc(C)c1C(C)(C)CC(=O)S.Cc1cc(C)c(C(C)(C)CC(=O)S)c(OP(=O)(O)O)c1. The fourth-order valence-corrected chi connectivity index (χ4v) is 7.71. The molecule has 248 valence electrons. The van der Waals surface area contributed by atoms with Gasteiger partial charge in [0.2, 0.25) is 0 Å². The molecule has 0 amide bonds. The van der Waals surface area contributed by atoms with E-state index in [1.807, 2.05) is 60.6 Å². The molecule has 0 spiro atoms. The van der Waals surface area contributed by atoms with Gasteiger partial charge in [-0.25, -0.2) is 9.13 Å². The molecule has 0 aliphatic carbocycles. The fraction of sp³-hybridized carbons (Fsp3) is 0.533. The van der Waals surface area contributed by atoms with Crippen molar-refractivity contribution in [1.82, 2.24) is 0 Å². The Hall–Kier alpha value is -1.62. The summed E-state index contributed by atoms with van der Waals surface area (Å²) in [7, 11) is -8.38. The first kappa shape index (κ1) is 40.4. The lowest BCUT2D eigenvalue weighted by Gasteiger charge is -2.29. The van der Waals surface area contributed by atoms with Crippen molar-refractivity contribution in [3.63, 3.8) is 0 Å². The quantitative estimate of drug-likeness (QED) is 0.114. The molecule has 0 bridgehead atoms. The number of hydrogen-bond donors (Lipinski definition) is 4. The molecule has 0 aliphatic heterocycles. The van der Waals surface area contributed by atoms with Crippen LogP contribution in [-0.2, 0) is 38.6 Å². The third-order valence-electron chi connectivity index (χ3n) is 6.43. The van der Waals surface area contributed by atoms with Gasteiger partial charge < -0.3 is 9.05 Å². The molecular formula is C30H46O10P2S2. The minimum absolute atomic E-state index is 0.107. The molecular weight excluding hydrogens is 646 g/mol. The maximum atomic E-state index is 12.8. The maximum absolute atomic E-state index is 12.8. The summed E-state index contributed by atoms with van der Waals surface area (Å²) in [6.45, 7) is 18.8. The van der Waals surface area contributed by atoms with E-state index in [1.165, 1.54) is 0 Å². The molecule has 44 heavy (non-hydrogen) atoms. The third kappa shape index (κ3) is 12.6. The lowest BCUT2D eigenvalue weighted by Crippen LogP contribution is -2.22. The minimum Gasteiger partial charge on any atom is -0.404 e. The van der Waals surface area contributed by atoms with Crippen molar-refractivity contribution < 1.29 is 46.6 Å². The standard InChI is InChI=1S/C17H27O5PS.C13H19O5PS/c1-7-20-23(19,21-8-2)22-14-10-12(3)9-13(4)16(14)17(5,6)11-15(18)24;1-8-5-9(2)12(13(3,4)7-11(14)20)10(6-8)18-19(15,16)17/h9-10H,7-8,11H2,1-6H3,(H,18,24);5-6H,7H2,1-4H3,(H,14,20)(H2,15,16,17). The molecule has 14 heteroatoms. The fourth-order valence-electron chi connectivity index (χ4n) is 5.32. The van der Waals surface area contributed by atoms with Crippen molar-refractivity contribution in [2.45, 2.75) is 92.9 Å². The smallest absolute Gasteiger partial charge is 0.404 e. The molecule has 0 saturated heterocycles. The zero-order chi connectivity index (χ0) is 34.3. The van der Waals surface area contributed by atoms with Gasteiger partial charge in [0.1, 0.15) is 11.5 Å². The monoisotopic (exact) mass is 692 g/mol. The van der Waals surface area contributed by atoms with Crippen molar-refractivity contribution in [2.75, 3.05) is 13.2 Å². The molecule has 0 heterocycles. The molecule has 0 fully saturated rings. The van der Waals surface area contributed by atoms with Gasteiger partial charge in [-0.2, -0.15) is 0 Å². The number of phosphoric ester groups is 2. The molecule has 0 aromatic heterocycles. The maximum Gasteiger partial charge on any atom is 0.530 e. The first-order valence-corrected chi connectivity index (χ1v) is 17.9. The largest absolute Gasteiger partial charge is 0.530 e. The van der Waals surface area contributed by atoms with Crippen LogP contribution in [0.2, 0.25) is 0 Å². The zero-order valence-corrected chi connectivity index (χ0v) is 30.7. The molecule has 2 aromatic carbocycles. The van der Waals surface area contributed by atoms with E-state index in [1.54, 1.807) is 32.9 Å². The normalized spacial score (nSPS) is 12.3. The van der Waals surface area contributed by atoms with Crippen LogP contribution in [0, 0.1) is 27.7 Å². The Labute approximate surface area is 272 Å². The molecule has 0 saturated carbocycles. The van der Waals surface area contributed by atoms with Crippen LogP contribution in [-0.4, -0.2) is 33.2 Å². The topological polar surface area (TPSA) is 146 Å². The molecule has 0 aliphatic rings. The Balaban J connectivity index is 0.000000447. The zero-order valence-electron chi connectivity index (χ0n) is 27.1. The van der Waals surface area contributed by atoms with Crippen LogP contribution in [0.5, 0.6) is 11.5 Å². The third-order valence-corrected chi connectivity index (χ3v) is 8.75. The summed E-state index contributed by atoms with van der Waals surface area (Å²) in [6.07, 6.45) is 0.363.